The van der Waals surface area contributed by atoms with Crippen molar-refractivity contribution >= 4 is 15.7 Å². The van der Waals surface area contributed by atoms with Crippen LogP contribution in [-0.2, 0) is 10.0 Å². The minimum atomic E-state index is -3.57. The van der Waals surface area contributed by atoms with Crippen molar-refractivity contribution in [1.29, 1.82) is 0 Å². The number of nitrogens with two attached hydrogens (primary N) is 1. The van der Waals surface area contributed by atoms with Gasteiger partial charge in [0.05, 0.1) is 5.69 Å². The molecule has 0 radical (unpaired) electrons. The fourth-order valence-corrected chi connectivity index (χ4v) is 3.40. The Kier molecular flexibility index (Phi) is 3.84. The van der Waals surface area contributed by atoms with E-state index in [0.29, 0.717) is 24.7 Å². The Morgan fingerprint density at radius 1 is 1.56 bits per heavy atom. The molecule has 0 spiro atoms. The molecule has 18 heavy (non-hydrogen) atoms. The molecular weight excluding hydrogens is 252 g/mol. The second-order valence-corrected chi connectivity index (χ2v) is 6.25. The smallest absolute Gasteiger partial charge is 0.262 e. The normalized spacial score (nSPS) is 15.9. The lowest BCUT2D eigenvalue weighted by Gasteiger charge is -2.20. The molecule has 100 valence electrons. The van der Waals surface area contributed by atoms with Crippen LogP contribution >= 0.6 is 0 Å². The largest absolute Gasteiger partial charge is 0.321 e. The number of hydrogen-bond donors (Lipinski definition) is 2. The number of rotatable bonds is 6. The van der Waals surface area contributed by atoms with Gasteiger partial charge in [0.25, 0.3) is 10.0 Å². The number of nitrogens with zero attached hydrogens (tertiary/aromatic N) is 2. The Morgan fingerprint density at radius 3 is 2.83 bits per heavy atom. The number of nitrogen functional groups attached to an aromatic ring is 1. The van der Waals surface area contributed by atoms with Gasteiger partial charge in [-0.2, -0.15) is 4.31 Å². The van der Waals surface area contributed by atoms with Gasteiger partial charge in [-0.1, -0.05) is 6.92 Å². The Bertz CT molecular complexity index is 514. The standard InChI is InChI=1S/C11H18N4O2S/c1-2-15(8-9-5-6-9)18(16,17)11-10(14-12)4-3-7-13-11/h3-4,7,9,14H,2,5-6,8,12H2,1H3. The van der Waals surface area contributed by atoms with Gasteiger partial charge in [0.1, 0.15) is 0 Å². The monoisotopic (exact) mass is 270 g/mol. The van der Waals surface area contributed by atoms with Gasteiger partial charge in [-0.3, -0.25) is 5.84 Å². The summed E-state index contributed by atoms with van der Waals surface area (Å²) in [7, 11) is -3.57. The van der Waals surface area contributed by atoms with E-state index in [-0.39, 0.29) is 5.03 Å². The lowest BCUT2D eigenvalue weighted by atomic mass is 10.4. The van der Waals surface area contributed by atoms with E-state index in [4.69, 9.17) is 5.84 Å². The summed E-state index contributed by atoms with van der Waals surface area (Å²) in [5.74, 6) is 5.83. The van der Waals surface area contributed by atoms with Crippen LogP contribution in [0.1, 0.15) is 19.8 Å². The van der Waals surface area contributed by atoms with Crippen molar-refractivity contribution in [3.8, 4) is 0 Å². The number of pyridine rings is 1. The van der Waals surface area contributed by atoms with E-state index < -0.39 is 10.0 Å². The maximum absolute atomic E-state index is 12.5. The maximum atomic E-state index is 12.5. The van der Waals surface area contributed by atoms with Gasteiger partial charge in [0.2, 0.25) is 0 Å². The van der Waals surface area contributed by atoms with Gasteiger partial charge in [-0.15, -0.1) is 0 Å². The minimum absolute atomic E-state index is 0.00463. The number of hydrogen-bond acceptors (Lipinski definition) is 5. The van der Waals surface area contributed by atoms with Crippen molar-refractivity contribution in [3.63, 3.8) is 0 Å². The zero-order chi connectivity index (χ0) is 13.2. The van der Waals surface area contributed by atoms with Crippen molar-refractivity contribution in [2.75, 3.05) is 18.5 Å². The molecule has 1 aromatic heterocycles. The molecule has 7 heteroatoms. The molecule has 1 heterocycles. The lowest BCUT2D eigenvalue weighted by molar-refractivity contribution is 0.410. The first kappa shape index (κ1) is 13.3. The van der Waals surface area contributed by atoms with Crippen LogP contribution in [0.25, 0.3) is 0 Å². The Balaban J connectivity index is 2.32. The molecule has 0 aromatic carbocycles. The molecule has 0 atom stereocenters. The van der Waals surface area contributed by atoms with Gasteiger partial charge in [-0.05, 0) is 30.9 Å². The first-order chi connectivity index (χ1) is 8.59. The summed E-state index contributed by atoms with van der Waals surface area (Å²) in [6.45, 7) is 2.84. The third kappa shape index (κ3) is 2.63. The lowest BCUT2D eigenvalue weighted by Crippen LogP contribution is -2.34. The molecule has 3 N–H and O–H groups in total. The SMILES string of the molecule is CCN(CC1CC1)S(=O)(=O)c1ncccc1NN. The fourth-order valence-electron chi connectivity index (χ4n) is 1.81. The molecule has 0 aliphatic heterocycles. The van der Waals surface area contributed by atoms with E-state index in [1.165, 1.54) is 10.5 Å². The van der Waals surface area contributed by atoms with Crippen molar-refractivity contribution in [2.24, 2.45) is 11.8 Å². The average molecular weight is 270 g/mol. The highest BCUT2D eigenvalue weighted by Crippen LogP contribution is 2.32. The maximum Gasteiger partial charge on any atom is 0.262 e. The van der Waals surface area contributed by atoms with Crippen molar-refractivity contribution < 1.29 is 8.42 Å². The van der Waals surface area contributed by atoms with Crippen LogP contribution < -0.4 is 11.3 Å². The molecule has 1 saturated carbocycles. The van der Waals surface area contributed by atoms with Crippen LogP contribution in [-0.4, -0.2) is 30.8 Å². The molecular formula is C11H18N4O2S. The van der Waals surface area contributed by atoms with Crippen LogP contribution in [0, 0.1) is 5.92 Å². The summed E-state index contributed by atoms with van der Waals surface area (Å²) in [4.78, 5) is 3.95. The summed E-state index contributed by atoms with van der Waals surface area (Å²) in [6.07, 6.45) is 3.67. The second-order valence-electron chi connectivity index (χ2n) is 4.40. The third-order valence-corrected chi connectivity index (χ3v) is 4.92. The van der Waals surface area contributed by atoms with E-state index in [1.807, 2.05) is 6.92 Å². The van der Waals surface area contributed by atoms with Crippen molar-refractivity contribution in [2.45, 2.75) is 24.8 Å². The molecule has 1 aromatic rings. The first-order valence-electron chi connectivity index (χ1n) is 6.01. The molecule has 0 bridgehead atoms. The van der Waals surface area contributed by atoms with Crippen LogP contribution in [0.2, 0.25) is 0 Å². The highest BCUT2D eigenvalue weighted by molar-refractivity contribution is 7.89. The van der Waals surface area contributed by atoms with E-state index >= 15 is 0 Å². The highest BCUT2D eigenvalue weighted by Gasteiger charge is 2.32. The second kappa shape index (κ2) is 5.21. The number of nitrogens with one attached hydrogen (secondary N) is 1. The summed E-state index contributed by atoms with van der Waals surface area (Å²) in [6, 6.07) is 3.25. The molecule has 0 unspecified atom stereocenters. The molecule has 1 fully saturated rings. The number of hydrazine groups is 1. The van der Waals surface area contributed by atoms with Gasteiger partial charge in [0.15, 0.2) is 5.03 Å². The third-order valence-electron chi connectivity index (χ3n) is 3.02. The zero-order valence-corrected chi connectivity index (χ0v) is 11.2. The van der Waals surface area contributed by atoms with Gasteiger partial charge in [-0.25, -0.2) is 13.4 Å². The molecule has 1 aliphatic carbocycles. The number of aromatic nitrogens is 1. The van der Waals surface area contributed by atoms with E-state index in [9.17, 15) is 8.42 Å². The van der Waals surface area contributed by atoms with Crippen LogP contribution in [0.15, 0.2) is 23.4 Å². The van der Waals surface area contributed by atoms with Crippen molar-refractivity contribution in [3.05, 3.63) is 18.3 Å². The van der Waals surface area contributed by atoms with Gasteiger partial charge < -0.3 is 5.43 Å². The molecule has 6 nitrogen and oxygen atoms in total. The molecule has 1 aliphatic rings. The summed E-state index contributed by atoms with van der Waals surface area (Å²) < 4.78 is 26.4. The average Bonchev–Trinajstić information content (AvgIpc) is 3.19. The van der Waals surface area contributed by atoms with Crippen LogP contribution in [0.4, 0.5) is 5.69 Å². The zero-order valence-electron chi connectivity index (χ0n) is 10.3. The Hall–Kier alpha value is -1.18. The quantitative estimate of drug-likeness (QED) is 0.589. The summed E-state index contributed by atoms with van der Waals surface area (Å²) in [5, 5.41) is -0.00463. The first-order valence-corrected chi connectivity index (χ1v) is 7.45. The summed E-state index contributed by atoms with van der Waals surface area (Å²) >= 11 is 0. The van der Waals surface area contributed by atoms with E-state index in [0.717, 1.165) is 12.8 Å². The number of anilines is 1. The minimum Gasteiger partial charge on any atom is -0.321 e. The fraction of sp³-hybridized carbons (Fsp3) is 0.545. The van der Waals surface area contributed by atoms with Gasteiger partial charge >= 0.3 is 0 Å². The van der Waals surface area contributed by atoms with Gasteiger partial charge in [0, 0.05) is 19.3 Å². The van der Waals surface area contributed by atoms with Crippen LogP contribution in [0.5, 0.6) is 0 Å². The molecule has 0 saturated heterocycles. The molecule has 0 amide bonds. The Labute approximate surface area is 107 Å². The predicted molar refractivity (Wildman–Crippen MR) is 69.2 cm³/mol. The Morgan fingerprint density at radius 2 is 2.28 bits per heavy atom. The van der Waals surface area contributed by atoms with Crippen LogP contribution in [0.3, 0.4) is 0 Å². The summed E-state index contributed by atoms with van der Waals surface area (Å²) in [5.41, 5.74) is 2.71. The van der Waals surface area contributed by atoms with E-state index in [2.05, 4.69) is 10.4 Å². The number of sulfonamides is 1. The predicted octanol–water partition coefficient (Wildman–Crippen LogP) is 0.788. The van der Waals surface area contributed by atoms with E-state index in [1.54, 1.807) is 12.1 Å². The highest BCUT2D eigenvalue weighted by atomic mass is 32.2. The van der Waals surface area contributed by atoms with Crippen molar-refractivity contribution in [1.82, 2.24) is 9.29 Å². The topological polar surface area (TPSA) is 88.3 Å². The molecule has 2 rings (SSSR count).